The van der Waals surface area contributed by atoms with Gasteiger partial charge in [0.1, 0.15) is 5.75 Å². The molecule has 0 atom stereocenters. The molecule has 0 saturated heterocycles. The molecule has 0 radical (unpaired) electrons. The Hall–Kier alpha value is -1.92. The molecule has 0 fully saturated rings. The molecule has 6 heteroatoms. The summed E-state index contributed by atoms with van der Waals surface area (Å²) in [6, 6.07) is 11.3. The molecule has 2 rings (SSSR count). The minimum atomic E-state index is -0.570. The van der Waals surface area contributed by atoms with Crippen molar-refractivity contribution in [2.75, 3.05) is 27.2 Å². The maximum absolute atomic E-state index is 14.1. The number of carbonyl (C=O) groups excluding carboxylic acids is 1. The van der Waals surface area contributed by atoms with Crippen molar-refractivity contribution in [3.63, 3.8) is 0 Å². The van der Waals surface area contributed by atoms with E-state index in [9.17, 15) is 9.18 Å². The van der Waals surface area contributed by atoms with Crippen molar-refractivity contribution in [2.24, 2.45) is 0 Å². The molecule has 2 aromatic carbocycles. The number of ether oxygens (including phenoxy) is 1. The third-order valence-corrected chi connectivity index (χ3v) is 3.83. The minimum absolute atomic E-state index is 0.0847. The van der Waals surface area contributed by atoms with Gasteiger partial charge in [-0.1, -0.05) is 15.9 Å². The molecule has 4 nitrogen and oxygen atoms in total. The summed E-state index contributed by atoms with van der Waals surface area (Å²) in [4.78, 5) is 14.1. The first-order valence-electron chi connectivity index (χ1n) is 7.61. The molecule has 0 unspecified atom stereocenters. The molecule has 2 aromatic rings. The fourth-order valence-corrected chi connectivity index (χ4v) is 2.32. The van der Waals surface area contributed by atoms with E-state index >= 15 is 0 Å². The summed E-state index contributed by atoms with van der Waals surface area (Å²) in [7, 11) is 3.95. The van der Waals surface area contributed by atoms with Crippen LogP contribution < -0.4 is 10.1 Å². The number of hydrogen-bond donors (Lipinski definition) is 1. The standard InChI is InChI=1S/C18H20BrFN2O2/c1-22(2)11-3-10-21-18(23)13-4-9-17(16(20)12-13)24-15-7-5-14(19)6-8-15/h4-9,12H,3,10-11H2,1-2H3,(H,21,23). The normalized spacial score (nSPS) is 10.7. The summed E-state index contributed by atoms with van der Waals surface area (Å²) in [5.41, 5.74) is 0.278. The number of nitrogens with zero attached hydrogens (tertiary/aromatic N) is 1. The van der Waals surface area contributed by atoms with Gasteiger partial charge in [0.25, 0.3) is 5.91 Å². The molecule has 1 N–H and O–H groups in total. The van der Waals surface area contributed by atoms with Crippen LogP contribution in [0.25, 0.3) is 0 Å². The zero-order chi connectivity index (χ0) is 17.5. The molecule has 0 aliphatic rings. The summed E-state index contributed by atoms with van der Waals surface area (Å²) in [6.07, 6.45) is 0.839. The lowest BCUT2D eigenvalue weighted by Gasteiger charge is -2.11. The van der Waals surface area contributed by atoms with Gasteiger partial charge in [0.05, 0.1) is 0 Å². The molecule has 0 aromatic heterocycles. The Labute approximate surface area is 149 Å². The Morgan fingerprint density at radius 2 is 1.92 bits per heavy atom. The maximum atomic E-state index is 14.1. The third kappa shape index (κ3) is 5.62. The van der Waals surface area contributed by atoms with Crippen LogP contribution in [0.1, 0.15) is 16.8 Å². The van der Waals surface area contributed by atoms with E-state index in [1.54, 1.807) is 18.2 Å². The van der Waals surface area contributed by atoms with E-state index in [2.05, 4.69) is 21.2 Å². The maximum Gasteiger partial charge on any atom is 0.251 e. The van der Waals surface area contributed by atoms with Gasteiger partial charge in [-0.15, -0.1) is 0 Å². The average molecular weight is 395 g/mol. The Bertz CT molecular complexity index is 690. The number of carbonyl (C=O) groups is 1. The highest BCUT2D eigenvalue weighted by Crippen LogP contribution is 2.26. The van der Waals surface area contributed by atoms with Gasteiger partial charge in [0.15, 0.2) is 11.6 Å². The van der Waals surface area contributed by atoms with Crippen molar-refractivity contribution in [3.8, 4) is 11.5 Å². The Balaban J connectivity index is 1.96. The van der Waals surface area contributed by atoms with Gasteiger partial charge >= 0.3 is 0 Å². The zero-order valence-electron chi connectivity index (χ0n) is 13.7. The van der Waals surface area contributed by atoms with E-state index < -0.39 is 5.82 Å². The van der Waals surface area contributed by atoms with Gasteiger partial charge in [-0.2, -0.15) is 0 Å². The first-order chi connectivity index (χ1) is 11.5. The molecule has 1 amide bonds. The molecule has 0 aliphatic carbocycles. The van der Waals surface area contributed by atoms with Crippen LogP contribution in [0.5, 0.6) is 11.5 Å². The monoisotopic (exact) mass is 394 g/mol. The lowest BCUT2D eigenvalue weighted by Crippen LogP contribution is -2.27. The van der Waals surface area contributed by atoms with Crippen molar-refractivity contribution in [2.45, 2.75) is 6.42 Å². The summed E-state index contributed by atoms with van der Waals surface area (Å²) < 4.78 is 20.6. The zero-order valence-corrected chi connectivity index (χ0v) is 15.3. The average Bonchev–Trinajstić information content (AvgIpc) is 2.55. The quantitative estimate of drug-likeness (QED) is 0.719. The third-order valence-electron chi connectivity index (χ3n) is 3.30. The number of hydrogen-bond acceptors (Lipinski definition) is 3. The Morgan fingerprint density at radius 1 is 1.21 bits per heavy atom. The van der Waals surface area contributed by atoms with Gasteiger partial charge in [-0.05, 0) is 69.5 Å². The fraction of sp³-hybridized carbons (Fsp3) is 0.278. The first kappa shape index (κ1) is 18.4. The fourth-order valence-electron chi connectivity index (χ4n) is 2.05. The van der Waals surface area contributed by atoms with Gasteiger partial charge in [0.2, 0.25) is 0 Å². The van der Waals surface area contributed by atoms with Crippen molar-refractivity contribution in [1.29, 1.82) is 0 Å². The number of halogens is 2. The SMILES string of the molecule is CN(C)CCCNC(=O)c1ccc(Oc2ccc(Br)cc2)c(F)c1. The van der Waals surface area contributed by atoms with E-state index in [1.807, 2.05) is 31.1 Å². The van der Waals surface area contributed by atoms with Gasteiger partial charge in [0, 0.05) is 16.6 Å². The van der Waals surface area contributed by atoms with Gasteiger partial charge < -0.3 is 15.0 Å². The highest BCUT2D eigenvalue weighted by molar-refractivity contribution is 9.10. The summed E-state index contributed by atoms with van der Waals surface area (Å²) >= 11 is 3.33. The molecule has 0 heterocycles. The van der Waals surface area contributed by atoms with E-state index in [0.29, 0.717) is 12.3 Å². The predicted octanol–water partition coefficient (Wildman–Crippen LogP) is 4.06. The van der Waals surface area contributed by atoms with Crippen LogP contribution in [0.3, 0.4) is 0 Å². The van der Waals surface area contributed by atoms with E-state index in [0.717, 1.165) is 17.4 Å². The molecule has 24 heavy (non-hydrogen) atoms. The van der Waals surface area contributed by atoms with Crippen LogP contribution in [0.15, 0.2) is 46.9 Å². The number of rotatable bonds is 7. The lowest BCUT2D eigenvalue weighted by atomic mass is 10.2. The predicted molar refractivity (Wildman–Crippen MR) is 96.1 cm³/mol. The second-order valence-corrected chi connectivity index (χ2v) is 6.53. The van der Waals surface area contributed by atoms with Crippen molar-refractivity contribution < 1.29 is 13.9 Å². The molecule has 0 spiro atoms. The molecule has 128 valence electrons. The second-order valence-electron chi connectivity index (χ2n) is 5.61. The van der Waals surface area contributed by atoms with Crippen LogP contribution in [-0.2, 0) is 0 Å². The summed E-state index contributed by atoms with van der Waals surface area (Å²) in [5, 5.41) is 2.78. The van der Waals surface area contributed by atoms with Crippen LogP contribution in [0.4, 0.5) is 4.39 Å². The summed E-state index contributed by atoms with van der Waals surface area (Å²) in [5.74, 6) is -0.249. The molecular formula is C18H20BrFN2O2. The number of benzene rings is 2. The van der Waals surface area contributed by atoms with E-state index in [4.69, 9.17) is 4.74 Å². The van der Waals surface area contributed by atoms with Gasteiger partial charge in [-0.25, -0.2) is 4.39 Å². The highest BCUT2D eigenvalue weighted by Gasteiger charge is 2.11. The molecule has 0 aliphatic heterocycles. The van der Waals surface area contributed by atoms with Gasteiger partial charge in [-0.3, -0.25) is 4.79 Å². The topological polar surface area (TPSA) is 41.6 Å². The van der Waals surface area contributed by atoms with Crippen molar-refractivity contribution >= 4 is 21.8 Å². The van der Waals surface area contributed by atoms with Crippen molar-refractivity contribution in [3.05, 3.63) is 58.3 Å². The lowest BCUT2D eigenvalue weighted by molar-refractivity contribution is 0.0952. The number of nitrogens with one attached hydrogen (secondary N) is 1. The van der Waals surface area contributed by atoms with E-state index in [-0.39, 0.29) is 17.2 Å². The molecular weight excluding hydrogens is 375 g/mol. The van der Waals surface area contributed by atoms with Crippen LogP contribution in [0.2, 0.25) is 0 Å². The summed E-state index contributed by atoms with van der Waals surface area (Å²) in [6.45, 7) is 1.43. The second kappa shape index (κ2) is 8.80. The Kier molecular flexibility index (Phi) is 6.75. The van der Waals surface area contributed by atoms with Crippen LogP contribution >= 0.6 is 15.9 Å². The largest absolute Gasteiger partial charge is 0.454 e. The van der Waals surface area contributed by atoms with E-state index in [1.165, 1.54) is 12.1 Å². The molecule has 0 bridgehead atoms. The van der Waals surface area contributed by atoms with Crippen LogP contribution in [-0.4, -0.2) is 38.0 Å². The Morgan fingerprint density at radius 3 is 2.54 bits per heavy atom. The smallest absolute Gasteiger partial charge is 0.251 e. The number of amides is 1. The van der Waals surface area contributed by atoms with Crippen molar-refractivity contribution in [1.82, 2.24) is 10.2 Å². The highest BCUT2D eigenvalue weighted by atomic mass is 79.9. The van der Waals surface area contributed by atoms with Crippen LogP contribution in [0, 0.1) is 5.82 Å². The minimum Gasteiger partial charge on any atom is -0.454 e. The first-order valence-corrected chi connectivity index (χ1v) is 8.41. The molecule has 0 saturated carbocycles.